The average molecular weight is 8000 g/mol. The summed E-state index contributed by atoms with van der Waals surface area (Å²) in [5, 5.41) is 5.10. The quantitative estimate of drug-likeness (QED) is 0.00804. The summed E-state index contributed by atoms with van der Waals surface area (Å²) in [5.74, 6) is -2.03. The van der Waals surface area contributed by atoms with E-state index in [4.69, 9.17) is 60.6 Å². The van der Waals surface area contributed by atoms with Crippen molar-refractivity contribution in [1.29, 1.82) is 0 Å². The first kappa shape index (κ1) is 157. The van der Waals surface area contributed by atoms with Gasteiger partial charge in [-0.05, 0) is 101 Å². The van der Waals surface area contributed by atoms with Gasteiger partial charge in [-0.25, -0.2) is 18.8 Å². The Morgan fingerprint density at radius 2 is 0.697 bits per heavy atom. The third-order valence-electron chi connectivity index (χ3n) is 10.5. The second-order valence-electron chi connectivity index (χ2n) is 17.0. The molecule has 742 valence electrons. The molecule has 0 unspecified atom stereocenters. The zero-order valence-corrected chi connectivity index (χ0v) is 182. The summed E-state index contributed by atoms with van der Waals surface area (Å²) in [6.45, 7) is 11.8. The first-order valence-corrected chi connectivity index (χ1v) is 354. The summed E-state index contributed by atoms with van der Waals surface area (Å²) in [6.07, 6.45) is 0.650. The summed E-state index contributed by atoms with van der Waals surface area (Å²) in [6, 6.07) is 20.8. The number of fused-ring (bicyclic) bond motifs is 3. The molecule has 3 heterocycles. The molecule has 0 aliphatic heterocycles. The number of aryl methyl sites for hydroxylation is 1. The molecule has 0 amide bonds. The van der Waals surface area contributed by atoms with E-state index in [-0.39, 0.29) is 197 Å². The molecule has 0 aliphatic carbocycles. The fourth-order valence-electron chi connectivity index (χ4n) is 6.49. The Balaban J connectivity index is 0.00000139. The van der Waals surface area contributed by atoms with Crippen LogP contribution in [0.25, 0.3) is 30.3 Å². The van der Waals surface area contributed by atoms with E-state index in [1.165, 1.54) is 59.1 Å². The van der Waals surface area contributed by atoms with E-state index >= 15 is 0 Å². The summed E-state index contributed by atoms with van der Waals surface area (Å²) in [5.41, 5.74) is 2.10. The average Bonchev–Trinajstić information content (AvgIpc) is 1.64. The fraction of sp³-hybridized carbons (Fsp3) is 0.250. The van der Waals surface area contributed by atoms with Gasteiger partial charge in [0.1, 0.15) is 20.4 Å². The number of aldehydes is 1. The number of thiophene rings is 3. The van der Waals surface area contributed by atoms with Crippen LogP contribution in [0.5, 0.6) is 0 Å². The number of benzene rings is 4. The molecule has 7 rings (SSSR count). The number of hydrogen-bond donors (Lipinski definition) is 1. The Kier molecular flexibility index (Phi) is 120. The Bertz CT molecular complexity index is 4280. The molecule has 10 nitrogen and oxygen atoms in total. The Labute approximate surface area is 1140 Å². The van der Waals surface area contributed by atoms with Crippen LogP contribution in [-0.4, -0.2) is 68.1 Å². The van der Waals surface area contributed by atoms with Gasteiger partial charge in [0, 0.05) is 56.2 Å². The van der Waals surface area contributed by atoms with Crippen molar-refractivity contribution in [2.75, 3.05) is 32.2 Å². The van der Waals surface area contributed by atoms with Crippen LogP contribution in [-0.2, 0) is 29.1 Å². The molecule has 0 saturated carbocycles. The van der Waals surface area contributed by atoms with Gasteiger partial charge >= 0.3 is 772 Å². The molecule has 0 fully saturated rings. The van der Waals surface area contributed by atoms with Gasteiger partial charge in [0.2, 0.25) is 0 Å². The molecule has 0 aliphatic rings. The first-order valence-electron chi connectivity index (χ1n) is 27.6. The van der Waals surface area contributed by atoms with E-state index in [1.54, 1.807) is 39.8 Å². The van der Waals surface area contributed by atoms with E-state index < -0.39 is 43.4 Å². The molecule has 7 aromatic rings. The number of esters is 4. The predicted molar refractivity (Wildman–Crippen MR) is 1010 cm³/mol. The minimum atomic E-state index is -0.565. The monoisotopic (exact) mass is 8000 g/mol. The van der Waals surface area contributed by atoms with Crippen molar-refractivity contribution in [3.8, 4) is 0 Å². The van der Waals surface area contributed by atoms with Crippen molar-refractivity contribution in [2.45, 2.75) is 46.9 Å². The Morgan fingerprint density at radius 3 is 0.984 bits per heavy atom. The van der Waals surface area contributed by atoms with Gasteiger partial charge in [-0.15, -0.1) is 34.0 Å². The van der Waals surface area contributed by atoms with Crippen molar-refractivity contribution in [2.24, 2.45) is 0 Å². The molecule has 0 radical (unpaired) electrons. The van der Waals surface area contributed by atoms with E-state index in [2.05, 4.69) is 573 Å². The van der Waals surface area contributed by atoms with Gasteiger partial charge in [0.15, 0.2) is 12.1 Å². The van der Waals surface area contributed by atoms with Crippen LogP contribution >= 0.6 is 830 Å². The second kappa shape index (κ2) is 93.0. The van der Waals surface area contributed by atoms with Gasteiger partial charge in [-0.3, -0.25) is 14.4 Å². The predicted octanol–water partition coefficient (Wildman–Crippen LogP) is 55.4. The summed E-state index contributed by atoms with van der Waals surface area (Å²) >= 11 is 123. The zero-order valence-electron chi connectivity index (χ0n) is 57.7. The van der Waals surface area contributed by atoms with Gasteiger partial charge in [-0.2, -0.15) is 12.6 Å². The molecule has 0 N–H and O–H groups in total. The molecule has 0 saturated heterocycles. The molecule has 122 heavy (non-hydrogen) atoms. The maximum atomic E-state index is 12.8. The summed E-state index contributed by atoms with van der Waals surface area (Å²) in [4.78, 5) is 68.8. The van der Waals surface area contributed by atoms with Gasteiger partial charge < -0.3 is 18.9 Å². The molecule has 4 aromatic carbocycles. The zero-order chi connectivity index (χ0) is 94.4. The summed E-state index contributed by atoms with van der Waals surface area (Å²) < 4.78 is 35.1. The molecular weight excluding hydrogens is 7960 g/mol. The third kappa shape index (κ3) is 61.5. The van der Waals surface area contributed by atoms with E-state index in [0.29, 0.717) is 98.6 Å². The standard InChI is InChI=1S/C12H10BrClO2S.C12H9ClO3S.C12H11ClO2S.C8H6ClFO.C4H8O2S.I19.I18.I17/c1-2-16-12(15)11-7(6-13)10-8(14)4-3-5-9(10)17-11;1-2-16-12(15)11-7(6-14)10-8(13)4-3-5-9(10)17-11;1-3-15-12(14)11-7(2)10-8(13)5-4-6-9(10)16-11;1-5(11)8-6(9)3-2-4-7(8)10;1-2-6-4(5)3-7;1-11-13(4)15(6)17(8)19(10)18(9)16(7)14(5)12(2)3;1-11(2)13(5)15(7)17(9)18(10)16(8)14(6)12(3)4;1-10-12(4)14(6)16(8)17(9)15(7)13(5)11(2)3/h3-5H,2,6H2,1H3;3-6H,2H2,1H3;4-6H,3H2,1-2H3;2-4H,1H3;7H,2-3H2,1H3;;;/q;;;;;-1;;-1. The van der Waals surface area contributed by atoms with E-state index in [0.717, 1.165) is 36.0 Å². The topological polar surface area (TPSA) is 139 Å². The summed E-state index contributed by atoms with van der Waals surface area (Å²) in [7, 11) is -8.60. The SMILES string of the molecule is CC(=O)c1c(F)cccc1Cl.CCOC(=O)CS.CCOC(=O)c1sc2cccc(Cl)c2c1C.CCOC(=O)c1sc2cccc(Cl)c2c1C=O.CCOC(=O)c1sc2cccc(Cl)c2c1CBr.II(I)I(I)I(I)I(I)I(I)I(I)I(I)I(I)I.I[I-]I(I)I(I)I(I)I(I)I(I)I(I)I(I)I.I[I-]I(I)I(I)I(I)I(I)I(I)I(I)I(I)I(I)I. The van der Waals surface area contributed by atoms with Crippen LogP contribution in [0.2, 0.25) is 20.1 Å². The van der Waals surface area contributed by atoms with E-state index in [1.807, 2.05) is 49.4 Å². The minimum absolute atomic E-state index is 0.0332. The third-order valence-corrected chi connectivity index (χ3v) is 3490. The molecule has 74 heteroatoms. The Morgan fingerprint density at radius 1 is 0.418 bits per heavy atom. The van der Waals surface area contributed by atoms with Crippen molar-refractivity contribution in [1.82, 2.24) is 0 Å². The number of hydrogen-bond acceptors (Lipinski definition) is 14. The van der Waals surface area contributed by atoms with Crippen LogP contribution in [0.3, 0.4) is 0 Å². The molecule has 0 bridgehead atoms. The van der Waals surface area contributed by atoms with Crippen LogP contribution < -0.4 is 26.5 Å². The van der Waals surface area contributed by atoms with Gasteiger partial charge in [-0.1, -0.05) is 86.6 Å². The number of Topliss-reactive ketones (excluding diaryl/α,β-unsaturated/α-hetero) is 1. The van der Waals surface area contributed by atoms with Crippen molar-refractivity contribution in [3.63, 3.8) is 0 Å². The number of ether oxygens (including phenoxy) is 4. The van der Waals surface area contributed by atoms with E-state index in [9.17, 15) is 33.2 Å². The first-order chi connectivity index (χ1) is 56.9. The normalized spacial score (nSPS) is 13.5. The number of alkyl halides is 1. The number of halogens is 60. The molecule has 3 aromatic heterocycles. The van der Waals surface area contributed by atoms with Gasteiger partial charge in [0.25, 0.3) is 0 Å². The number of carbonyl (C=O) groups is 6. The molecular formula is C48H44BrCl4FI54O10S4-2. The number of rotatable bonds is 33. The maximum absolute atomic E-state index is 12.8. The van der Waals surface area contributed by atoms with Crippen molar-refractivity contribution >= 4 is 897 Å². The fourth-order valence-corrected chi connectivity index (χ4v) is 7560. The van der Waals surface area contributed by atoms with Gasteiger partial charge in [0.05, 0.1) is 42.8 Å². The molecule has 0 spiro atoms. The molecule has 0 atom stereocenters. The van der Waals surface area contributed by atoms with Crippen molar-refractivity contribution in [3.05, 3.63) is 136 Å². The number of carbonyl (C=O) groups excluding carboxylic acids is 6. The Hall–Kier alpha value is 35.3. The van der Waals surface area contributed by atoms with Crippen LogP contribution in [0, 0.1) is 12.7 Å². The number of ketones is 1. The second-order valence-corrected chi connectivity index (χ2v) is 1180. The van der Waals surface area contributed by atoms with Crippen LogP contribution in [0.15, 0.2) is 72.8 Å². The number of thiol groups is 1. The van der Waals surface area contributed by atoms with Crippen LogP contribution in [0.1, 0.15) is 95.5 Å². The van der Waals surface area contributed by atoms with Crippen LogP contribution in [0.4, 0.5) is 4.39 Å². The van der Waals surface area contributed by atoms with Crippen molar-refractivity contribution < 1.29 is 78.6 Å².